The molecule has 0 amide bonds. The standard InChI is InChI=1S/C10H18O/c1-5-6-7-9(4)10(11)8(2)3/h6-9H,5H2,1-4H3. The Balaban J connectivity index is 3.93. The molecule has 0 aromatic heterocycles. The normalized spacial score (nSPS) is 14.3. The second-order valence-corrected chi connectivity index (χ2v) is 3.18. The van der Waals surface area contributed by atoms with Crippen molar-refractivity contribution in [3.05, 3.63) is 12.2 Å². The van der Waals surface area contributed by atoms with Crippen molar-refractivity contribution in [2.45, 2.75) is 34.1 Å². The molecule has 0 aliphatic carbocycles. The van der Waals surface area contributed by atoms with Crippen molar-refractivity contribution in [3.8, 4) is 0 Å². The van der Waals surface area contributed by atoms with Gasteiger partial charge in [-0.2, -0.15) is 0 Å². The van der Waals surface area contributed by atoms with Crippen LogP contribution < -0.4 is 0 Å². The average molecular weight is 154 g/mol. The van der Waals surface area contributed by atoms with Crippen molar-refractivity contribution >= 4 is 5.78 Å². The van der Waals surface area contributed by atoms with Gasteiger partial charge in [-0.1, -0.05) is 39.8 Å². The Hall–Kier alpha value is -0.590. The molecule has 0 bridgehead atoms. The highest BCUT2D eigenvalue weighted by Gasteiger charge is 2.12. The molecule has 1 heteroatoms. The van der Waals surface area contributed by atoms with Crippen molar-refractivity contribution in [1.82, 2.24) is 0 Å². The van der Waals surface area contributed by atoms with Gasteiger partial charge in [0.1, 0.15) is 5.78 Å². The molecule has 0 aromatic rings. The smallest absolute Gasteiger partial charge is 0.141 e. The van der Waals surface area contributed by atoms with E-state index in [0.717, 1.165) is 6.42 Å². The number of ketones is 1. The van der Waals surface area contributed by atoms with Crippen molar-refractivity contribution in [2.24, 2.45) is 11.8 Å². The SMILES string of the molecule is CCC=CC(C)C(=O)C(C)C. The molecule has 0 aliphatic rings. The second kappa shape index (κ2) is 5.11. The van der Waals surface area contributed by atoms with Crippen LogP contribution in [-0.4, -0.2) is 5.78 Å². The maximum Gasteiger partial charge on any atom is 0.141 e. The second-order valence-electron chi connectivity index (χ2n) is 3.18. The van der Waals surface area contributed by atoms with Gasteiger partial charge >= 0.3 is 0 Å². The summed E-state index contributed by atoms with van der Waals surface area (Å²) in [6, 6.07) is 0. The summed E-state index contributed by atoms with van der Waals surface area (Å²) in [5.74, 6) is 0.580. The van der Waals surface area contributed by atoms with E-state index in [2.05, 4.69) is 6.92 Å². The molecular formula is C10H18O. The van der Waals surface area contributed by atoms with Gasteiger partial charge in [0.15, 0.2) is 0 Å². The maximum atomic E-state index is 11.3. The number of hydrogen-bond donors (Lipinski definition) is 0. The number of carbonyl (C=O) groups excluding carboxylic acids is 1. The summed E-state index contributed by atoms with van der Waals surface area (Å²) >= 11 is 0. The highest BCUT2D eigenvalue weighted by atomic mass is 16.1. The zero-order chi connectivity index (χ0) is 8.85. The van der Waals surface area contributed by atoms with Gasteiger partial charge in [-0.15, -0.1) is 0 Å². The summed E-state index contributed by atoms with van der Waals surface area (Å²) in [6.45, 7) is 7.91. The predicted octanol–water partition coefficient (Wildman–Crippen LogP) is 2.81. The lowest BCUT2D eigenvalue weighted by atomic mass is 9.96. The lowest BCUT2D eigenvalue weighted by Gasteiger charge is -2.07. The Labute approximate surface area is 69.5 Å². The Kier molecular flexibility index (Phi) is 4.84. The molecule has 0 saturated heterocycles. The minimum Gasteiger partial charge on any atom is -0.299 e. The number of rotatable bonds is 4. The minimum absolute atomic E-state index is 0.0925. The fourth-order valence-corrected chi connectivity index (χ4v) is 0.961. The first-order chi connectivity index (χ1) is 5.09. The third kappa shape index (κ3) is 3.97. The number of allylic oxidation sites excluding steroid dienone is 2. The largest absolute Gasteiger partial charge is 0.299 e. The van der Waals surface area contributed by atoms with Gasteiger partial charge in [-0.3, -0.25) is 4.79 Å². The summed E-state index contributed by atoms with van der Waals surface area (Å²) in [5.41, 5.74) is 0. The molecule has 0 fully saturated rings. The van der Waals surface area contributed by atoms with E-state index in [1.165, 1.54) is 0 Å². The van der Waals surface area contributed by atoms with E-state index in [9.17, 15) is 4.79 Å². The van der Waals surface area contributed by atoms with Gasteiger partial charge in [-0.05, 0) is 6.42 Å². The highest BCUT2D eigenvalue weighted by Crippen LogP contribution is 2.07. The monoisotopic (exact) mass is 154 g/mol. The maximum absolute atomic E-state index is 11.3. The third-order valence-corrected chi connectivity index (χ3v) is 1.68. The van der Waals surface area contributed by atoms with Crippen LogP contribution in [-0.2, 0) is 4.79 Å². The molecule has 0 spiro atoms. The molecule has 0 heterocycles. The van der Waals surface area contributed by atoms with Crippen molar-refractivity contribution in [1.29, 1.82) is 0 Å². The van der Waals surface area contributed by atoms with Gasteiger partial charge in [-0.25, -0.2) is 0 Å². The van der Waals surface area contributed by atoms with E-state index >= 15 is 0 Å². The summed E-state index contributed by atoms with van der Waals surface area (Å²) in [7, 11) is 0. The topological polar surface area (TPSA) is 17.1 Å². The van der Waals surface area contributed by atoms with Crippen LogP contribution in [0.15, 0.2) is 12.2 Å². The van der Waals surface area contributed by atoms with Gasteiger partial charge in [0.25, 0.3) is 0 Å². The Morgan fingerprint density at radius 2 is 1.91 bits per heavy atom. The lowest BCUT2D eigenvalue weighted by molar-refractivity contribution is -0.123. The van der Waals surface area contributed by atoms with Crippen LogP contribution in [0.2, 0.25) is 0 Å². The van der Waals surface area contributed by atoms with Crippen LogP contribution in [0.1, 0.15) is 34.1 Å². The molecule has 0 N–H and O–H groups in total. The van der Waals surface area contributed by atoms with Crippen LogP contribution in [0, 0.1) is 11.8 Å². The van der Waals surface area contributed by atoms with E-state index in [4.69, 9.17) is 0 Å². The van der Waals surface area contributed by atoms with Crippen molar-refractivity contribution in [2.75, 3.05) is 0 Å². The quantitative estimate of drug-likeness (QED) is 0.569. The first-order valence-electron chi connectivity index (χ1n) is 4.30. The molecule has 0 aromatic carbocycles. The van der Waals surface area contributed by atoms with Crippen LogP contribution >= 0.6 is 0 Å². The van der Waals surface area contributed by atoms with Crippen LogP contribution in [0.5, 0.6) is 0 Å². The van der Waals surface area contributed by atoms with Gasteiger partial charge in [0.05, 0.1) is 0 Å². The van der Waals surface area contributed by atoms with Gasteiger partial charge in [0.2, 0.25) is 0 Å². The highest BCUT2D eigenvalue weighted by molar-refractivity contribution is 5.83. The summed E-state index contributed by atoms with van der Waals surface area (Å²) < 4.78 is 0. The number of hydrogen-bond acceptors (Lipinski definition) is 1. The van der Waals surface area contributed by atoms with E-state index < -0.39 is 0 Å². The molecular weight excluding hydrogens is 136 g/mol. The minimum atomic E-state index is 0.0925. The average Bonchev–Trinajstić information content (AvgIpc) is 1.98. The molecule has 64 valence electrons. The number of carbonyl (C=O) groups is 1. The Morgan fingerprint density at radius 3 is 2.27 bits per heavy atom. The fourth-order valence-electron chi connectivity index (χ4n) is 0.961. The van der Waals surface area contributed by atoms with Crippen molar-refractivity contribution < 1.29 is 4.79 Å². The van der Waals surface area contributed by atoms with Gasteiger partial charge < -0.3 is 0 Å². The first kappa shape index (κ1) is 10.4. The summed E-state index contributed by atoms with van der Waals surface area (Å²) in [4.78, 5) is 11.3. The molecule has 1 unspecified atom stereocenters. The zero-order valence-electron chi connectivity index (χ0n) is 7.92. The predicted molar refractivity (Wildman–Crippen MR) is 48.4 cm³/mol. The van der Waals surface area contributed by atoms with Crippen LogP contribution in [0.4, 0.5) is 0 Å². The molecule has 0 rings (SSSR count). The van der Waals surface area contributed by atoms with Crippen molar-refractivity contribution in [3.63, 3.8) is 0 Å². The first-order valence-corrected chi connectivity index (χ1v) is 4.30. The molecule has 0 saturated carbocycles. The summed E-state index contributed by atoms with van der Waals surface area (Å²) in [5, 5.41) is 0. The van der Waals surface area contributed by atoms with Crippen LogP contribution in [0.25, 0.3) is 0 Å². The number of Topliss-reactive ketones (excluding diaryl/α,β-unsaturated/α-hetero) is 1. The lowest BCUT2D eigenvalue weighted by Crippen LogP contribution is -2.14. The summed E-state index contributed by atoms with van der Waals surface area (Å²) in [6.07, 6.45) is 5.04. The van der Waals surface area contributed by atoms with E-state index in [-0.39, 0.29) is 11.8 Å². The zero-order valence-corrected chi connectivity index (χ0v) is 7.92. The Bertz CT molecular complexity index is 145. The molecule has 0 radical (unpaired) electrons. The van der Waals surface area contributed by atoms with E-state index in [0.29, 0.717) is 5.78 Å². The van der Waals surface area contributed by atoms with E-state index in [1.54, 1.807) is 0 Å². The molecule has 11 heavy (non-hydrogen) atoms. The van der Waals surface area contributed by atoms with Crippen LogP contribution in [0.3, 0.4) is 0 Å². The molecule has 1 atom stereocenters. The fraction of sp³-hybridized carbons (Fsp3) is 0.700. The molecule has 1 nitrogen and oxygen atoms in total. The van der Waals surface area contributed by atoms with E-state index in [1.807, 2.05) is 32.9 Å². The Morgan fingerprint density at radius 1 is 1.36 bits per heavy atom. The van der Waals surface area contributed by atoms with Gasteiger partial charge in [0, 0.05) is 11.8 Å². The third-order valence-electron chi connectivity index (χ3n) is 1.68. The molecule has 0 aliphatic heterocycles.